The summed E-state index contributed by atoms with van der Waals surface area (Å²) in [6, 6.07) is 3.49. The number of amides is 1. The third-order valence-corrected chi connectivity index (χ3v) is 3.74. The summed E-state index contributed by atoms with van der Waals surface area (Å²) in [6.45, 7) is 1.95. The number of aromatic nitrogens is 1. The quantitative estimate of drug-likeness (QED) is 0.864. The number of pyridine rings is 1. The lowest BCUT2D eigenvalue weighted by molar-refractivity contribution is -0.121. The molecule has 0 atom stereocenters. The van der Waals surface area contributed by atoms with Crippen molar-refractivity contribution in [3.63, 3.8) is 0 Å². The van der Waals surface area contributed by atoms with Crippen LogP contribution in [0.1, 0.15) is 12.8 Å². The summed E-state index contributed by atoms with van der Waals surface area (Å²) in [5, 5.41) is 2.93. The Kier molecular flexibility index (Phi) is 4.76. The highest BCUT2D eigenvalue weighted by molar-refractivity contribution is 9.10. The van der Waals surface area contributed by atoms with Gasteiger partial charge in [0.1, 0.15) is 4.60 Å². The zero-order valence-electron chi connectivity index (χ0n) is 11.1. The van der Waals surface area contributed by atoms with Crippen LogP contribution >= 0.6 is 15.9 Å². The van der Waals surface area contributed by atoms with E-state index in [-0.39, 0.29) is 11.8 Å². The number of rotatable bonds is 3. The number of anilines is 1. The first-order chi connectivity index (χ1) is 9.08. The number of nitrogens with zero attached hydrogens (tertiary/aromatic N) is 2. The van der Waals surface area contributed by atoms with E-state index in [0.717, 1.165) is 25.9 Å². The van der Waals surface area contributed by atoms with E-state index < -0.39 is 0 Å². The van der Waals surface area contributed by atoms with Gasteiger partial charge in [0.2, 0.25) is 11.8 Å². The Hall–Kier alpha value is -1.14. The predicted molar refractivity (Wildman–Crippen MR) is 77.3 cm³/mol. The maximum Gasteiger partial charge on any atom is 0.227 e. The summed E-state index contributed by atoms with van der Waals surface area (Å²) in [5.74, 6) is 0.649. The second kappa shape index (κ2) is 6.34. The van der Waals surface area contributed by atoms with E-state index in [9.17, 15) is 4.79 Å². The van der Waals surface area contributed by atoms with E-state index in [1.165, 1.54) is 0 Å². The third kappa shape index (κ3) is 3.91. The summed E-state index contributed by atoms with van der Waals surface area (Å²) in [4.78, 5) is 18.5. The summed E-state index contributed by atoms with van der Waals surface area (Å²) >= 11 is 3.30. The van der Waals surface area contributed by atoms with Gasteiger partial charge in [-0.15, -0.1) is 0 Å². The maximum absolute atomic E-state index is 12.2. The molecule has 1 N–H and O–H groups in total. The number of nitrogens with one attached hydrogen (secondary N) is 1. The summed E-state index contributed by atoms with van der Waals surface area (Å²) in [6.07, 6.45) is 1.82. The minimum absolute atomic E-state index is 0.0771. The molecule has 1 aliphatic rings. The molecule has 0 aromatic carbocycles. The predicted octanol–water partition coefficient (Wildman–Crippen LogP) is 2.13. The van der Waals surface area contributed by atoms with Crippen LogP contribution in [0.25, 0.3) is 0 Å². The van der Waals surface area contributed by atoms with Gasteiger partial charge in [-0.1, -0.05) is 0 Å². The van der Waals surface area contributed by atoms with E-state index in [1.807, 2.05) is 0 Å². The molecule has 19 heavy (non-hydrogen) atoms. The second-order valence-electron chi connectivity index (χ2n) is 4.79. The van der Waals surface area contributed by atoms with Gasteiger partial charge in [0, 0.05) is 17.7 Å². The summed E-state index contributed by atoms with van der Waals surface area (Å²) in [5.41, 5.74) is 0.711. The Balaban J connectivity index is 2.00. The Morgan fingerprint density at radius 2 is 2.16 bits per heavy atom. The smallest absolute Gasteiger partial charge is 0.227 e. The molecule has 0 saturated carbocycles. The van der Waals surface area contributed by atoms with Crippen molar-refractivity contribution in [1.29, 1.82) is 0 Å². The number of ether oxygens (including phenoxy) is 1. The Morgan fingerprint density at radius 1 is 1.47 bits per heavy atom. The molecule has 6 heteroatoms. The van der Waals surface area contributed by atoms with Crippen LogP contribution in [-0.4, -0.2) is 43.0 Å². The molecule has 0 unspecified atom stereocenters. The Morgan fingerprint density at radius 3 is 2.79 bits per heavy atom. The minimum atomic E-state index is 0.0771. The van der Waals surface area contributed by atoms with Gasteiger partial charge in [-0.05, 0) is 55.0 Å². The fourth-order valence-corrected chi connectivity index (χ4v) is 2.59. The molecule has 1 aromatic rings. The largest absolute Gasteiger partial charge is 0.481 e. The van der Waals surface area contributed by atoms with Gasteiger partial charge in [-0.2, -0.15) is 0 Å². The summed E-state index contributed by atoms with van der Waals surface area (Å²) in [7, 11) is 3.64. The van der Waals surface area contributed by atoms with Crippen molar-refractivity contribution in [3.8, 4) is 5.88 Å². The van der Waals surface area contributed by atoms with Gasteiger partial charge in [0.25, 0.3) is 0 Å². The number of halogens is 1. The van der Waals surface area contributed by atoms with Gasteiger partial charge in [0.05, 0.1) is 7.11 Å². The van der Waals surface area contributed by atoms with Crippen molar-refractivity contribution in [2.45, 2.75) is 12.8 Å². The van der Waals surface area contributed by atoms with E-state index in [0.29, 0.717) is 16.2 Å². The minimum Gasteiger partial charge on any atom is -0.481 e. The van der Waals surface area contributed by atoms with Gasteiger partial charge >= 0.3 is 0 Å². The monoisotopic (exact) mass is 327 g/mol. The highest BCUT2D eigenvalue weighted by Crippen LogP contribution is 2.23. The first-order valence-corrected chi connectivity index (χ1v) is 7.09. The van der Waals surface area contributed by atoms with E-state index in [2.05, 4.69) is 38.2 Å². The van der Waals surface area contributed by atoms with Crippen LogP contribution in [-0.2, 0) is 4.79 Å². The number of hydrogen-bond acceptors (Lipinski definition) is 4. The molecule has 2 rings (SSSR count). The molecule has 1 fully saturated rings. The lowest BCUT2D eigenvalue weighted by Crippen LogP contribution is -2.35. The van der Waals surface area contributed by atoms with Crippen molar-refractivity contribution in [3.05, 3.63) is 16.7 Å². The Bertz CT molecular complexity index is 459. The number of carbonyl (C=O) groups is 1. The molecule has 1 aromatic heterocycles. The van der Waals surface area contributed by atoms with Crippen molar-refractivity contribution in [1.82, 2.24) is 9.88 Å². The maximum atomic E-state index is 12.2. The fourth-order valence-electron chi connectivity index (χ4n) is 2.16. The standard InChI is InChI=1S/C13H18BrN3O2/c1-17-5-3-9(4-6-17)13(18)15-10-7-11(14)16-12(8-10)19-2/h7-9H,3-6H2,1-2H3,(H,15,16,18). The van der Waals surface area contributed by atoms with Crippen LogP contribution in [0.4, 0.5) is 5.69 Å². The molecule has 104 valence electrons. The van der Waals surface area contributed by atoms with E-state index >= 15 is 0 Å². The first kappa shape index (κ1) is 14.3. The van der Waals surface area contributed by atoms with E-state index in [1.54, 1.807) is 19.2 Å². The SMILES string of the molecule is COc1cc(NC(=O)C2CCN(C)CC2)cc(Br)n1. The molecule has 1 saturated heterocycles. The molecular weight excluding hydrogens is 310 g/mol. The number of methoxy groups -OCH3 is 1. The molecule has 0 bridgehead atoms. The van der Waals surface area contributed by atoms with E-state index in [4.69, 9.17) is 4.74 Å². The number of carbonyl (C=O) groups excluding carboxylic acids is 1. The highest BCUT2D eigenvalue weighted by Gasteiger charge is 2.23. The molecule has 0 radical (unpaired) electrons. The van der Waals surface area contributed by atoms with Crippen LogP contribution in [0.5, 0.6) is 5.88 Å². The molecule has 5 nitrogen and oxygen atoms in total. The van der Waals surface area contributed by atoms with Crippen molar-refractivity contribution >= 4 is 27.5 Å². The lowest BCUT2D eigenvalue weighted by atomic mass is 9.96. The number of likely N-dealkylation sites (tertiary alicyclic amines) is 1. The van der Waals surface area contributed by atoms with Crippen LogP contribution in [0.15, 0.2) is 16.7 Å². The van der Waals surface area contributed by atoms with Crippen LogP contribution in [0.3, 0.4) is 0 Å². The van der Waals surface area contributed by atoms with Crippen LogP contribution in [0.2, 0.25) is 0 Å². The van der Waals surface area contributed by atoms with Gasteiger partial charge in [-0.3, -0.25) is 4.79 Å². The topological polar surface area (TPSA) is 54.5 Å². The summed E-state index contributed by atoms with van der Waals surface area (Å²) < 4.78 is 5.72. The van der Waals surface area contributed by atoms with Gasteiger partial charge < -0.3 is 15.0 Å². The zero-order valence-corrected chi connectivity index (χ0v) is 12.7. The fraction of sp³-hybridized carbons (Fsp3) is 0.538. The van der Waals surface area contributed by atoms with Gasteiger partial charge in [0.15, 0.2) is 0 Å². The third-order valence-electron chi connectivity index (χ3n) is 3.34. The number of piperidine rings is 1. The second-order valence-corrected chi connectivity index (χ2v) is 5.60. The van der Waals surface area contributed by atoms with Crippen LogP contribution < -0.4 is 10.1 Å². The van der Waals surface area contributed by atoms with Crippen molar-refractivity contribution in [2.75, 3.05) is 32.6 Å². The van der Waals surface area contributed by atoms with Crippen molar-refractivity contribution in [2.24, 2.45) is 5.92 Å². The average Bonchev–Trinajstić information content (AvgIpc) is 2.38. The van der Waals surface area contributed by atoms with Gasteiger partial charge in [-0.25, -0.2) is 4.98 Å². The molecule has 1 amide bonds. The van der Waals surface area contributed by atoms with Crippen LogP contribution in [0, 0.1) is 5.92 Å². The zero-order chi connectivity index (χ0) is 13.8. The molecule has 0 spiro atoms. The normalized spacial score (nSPS) is 17.2. The lowest BCUT2D eigenvalue weighted by Gasteiger charge is -2.28. The average molecular weight is 328 g/mol. The molecule has 1 aliphatic heterocycles. The number of hydrogen-bond donors (Lipinski definition) is 1. The molecule has 0 aliphatic carbocycles. The Labute approximate surface area is 121 Å². The highest BCUT2D eigenvalue weighted by atomic mass is 79.9. The molecule has 2 heterocycles. The van der Waals surface area contributed by atoms with Crippen molar-refractivity contribution < 1.29 is 9.53 Å². The molecular formula is C13H18BrN3O2. The first-order valence-electron chi connectivity index (χ1n) is 6.29.